The Bertz CT molecular complexity index is 462. The van der Waals surface area contributed by atoms with Crippen LogP contribution in [0.2, 0.25) is 0 Å². The second-order valence-corrected chi connectivity index (χ2v) is 3.56. The van der Waals surface area contributed by atoms with E-state index in [1.165, 1.54) is 0 Å². The normalized spacial score (nSPS) is 10.1. The highest BCUT2D eigenvalue weighted by atomic mass is 19.1. The zero-order valence-corrected chi connectivity index (χ0v) is 9.11. The Hall–Kier alpha value is -1.83. The Labute approximate surface area is 94.5 Å². The highest BCUT2D eigenvalue weighted by Gasteiger charge is 1.99. The summed E-state index contributed by atoms with van der Waals surface area (Å²) in [6.45, 7) is -0.427. The first-order chi connectivity index (χ1) is 7.83. The van der Waals surface area contributed by atoms with Crippen LogP contribution >= 0.6 is 0 Å². The zero-order chi connectivity index (χ0) is 11.4. The van der Waals surface area contributed by atoms with E-state index < -0.39 is 6.67 Å². The van der Waals surface area contributed by atoms with Gasteiger partial charge in [-0.1, -0.05) is 30.3 Å². The predicted molar refractivity (Wildman–Crippen MR) is 63.2 cm³/mol. The molecule has 2 aromatic rings. The van der Waals surface area contributed by atoms with E-state index in [4.69, 9.17) is 4.74 Å². The minimum atomic E-state index is -0.427. The molecule has 0 heterocycles. The van der Waals surface area contributed by atoms with Crippen molar-refractivity contribution in [3.63, 3.8) is 0 Å². The van der Waals surface area contributed by atoms with Gasteiger partial charge in [-0.2, -0.15) is 0 Å². The molecule has 0 aliphatic rings. The van der Waals surface area contributed by atoms with E-state index in [2.05, 4.69) is 0 Å². The lowest BCUT2D eigenvalue weighted by Gasteiger charge is -2.04. The average Bonchev–Trinajstić information content (AvgIpc) is 2.39. The molecular formula is C14H13FO. The van der Waals surface area contributed by atoms with Crippen molar-refractivity contribution in [3.05, 3.63) is 54.1 Å². The third-order valence-electron chi connectivity index (χ3n) is 2.50. The fourth-order valence-corrected chi connectivity index (χ4v) is 1.62. The summed E-state index contributed by atoms with van der Waals surface area (Å²) in [5.41, 5.74) is 2.79. The third-order valence-corrected chi connectivity index (χ3v) is 2.50. The van der Waals surface area contributed by atoms with Crippen LogP contribution in [-0.4, -0.2) is 7.11 Å². The van der Waals surface area contributed by atoms with Crippen molar-refractivity contribution >= 4 is 0 Å². The minimum absolute atomic E-state index is 0.427. The second-order valence-electron chi connectivity index (χ2n) is 3.56. The van der Waals surface area contributed by atoms with Crippen LogP contribution in [0.25, 0.3) is 11.1 Å². The summed E-state index contributed by atoms with van der Waals surface area (Å²) in [5, 5.41) is 0. The Morgan fingerprint density at radius 3 is 2.38 bits per heavy atom. The van der Waals surface area contributed by atoms with Crippen molar-refractivity contribution in [2.75, 3.05) is 7.11 Å². The van der Waals surface area contributed by atoms with Gasteiger partial charge >= 0.3 is 0 Å². The van der Waals surface area contributed by atoms with E-state index in [1.807, 2.05) is 42.5 Å². The van der Waals surface area contributed by atoms with Crippen LogP contribution in [0.15, 0.2) is 48.5 Å². The maximum atomic E-state index is 12.5. The first-order valence-corrected chi connectivity index (χ1v) is 5.13. The molecule has 0 aliphatic carbocycles. The standard InChI is InChI=1S/C14H13FO/c1-16-14-7-5-12(6-8-14)13-4-2-3-11(9-13)10-15/h2-9H,10H2,1H3. The number of rotatable bonds is 3. The Balaban J connectivity index is 2.34. The maximum absolute atomic E-state index is 12.5. The van der Waals surface area contributed by atoms with Gasteiger partial charge in [-0.25, -0.2) is 4.39 Å². The number of hydrogen-bond acceptors (Lipinski definition) is 1. The monoisotopic (exact) mass is 216 g/mol. The topological polar surface area (TPSA) is 9.23 Å². The minimum Gasteiger partial charge on any atom is -0.497 e. The van der Waals surface area contributed by atoms with E-state index in [0.717, 1.165) is 16.9 Å². The number of alkyl halides is 1. The average molecular weight is 216 g/mol. The molecule has 0 amide bonds. The highest BCUT2D eigenvalue weighted by molar-refractivity contribution is 5.64. The van der Waals surface area contributed by atoms with Gasteiger partial charge in [0.25, 0.3) is 0 Å². The lowest BCUT2D eigenvalue weighted by molar-refractivity contribution is 0.415. The Morgan fingerprint density at radius 2 is 1.75 bits per heavy atom. The number of benzene rings is 2. The molecule has 0 aromatic heterocycles. The van der Waals surface area contributed by atoms with E-state index in [1.54, 1.807) is 13.2 Å². The predicted octanol–water partition coefficient (Wildman–Crippen LogP) is 3.83. The summed E-state index contributed by atoms with van der Waals surface area (Å²) in [5.74, 6) is 0.824. The summed E-state index contributed by atoms with van der Waals surface area (Å²) in [7, 11) is 1.64. The van der Waals surface area contributed by atoms with Crippen LogP contribution in [0, 0.1) is 0 Å². The van der Waals surface area contributed by atoms with Crippen LogP contribution in [0.5, 0.6) is 5.75 Å². The summed E-state index contributed by atoms with van der Waals surface area (Å²) >= 11 is 0. The fourth-order valence-electron chi connectivity index (χ4n) is 1.62. The molecule has 0 saturated heterocycles. The van der Waals surface area contributed by atoms with E-state index >= 15 is 0 Å². The smallest absolute Gasteiger partial charge is 0.118 e. The Kier molecular flexibility index (Phi) is 3.20. The van der Waals surface area contributed by atoms with Gasteiger partial charge in [-0.15, -0.1) is 0 Å². The molecule has 2 rings (SSSR count). The number of hydrogen-bond donors (Lipinski definition) is 0. The van der Waals surface area contributed by atoms with Crippen molar-refractivity contribution in [1.29, 1.82) is 0 Å². The molecule has 1 nitrogen and oxygen atoms in total. The summed E-state index contributed by atoms with van der Waals surface area (Å²) in [4.78, 5) is 0. The first-order valence-electron chi connectivity index (χ1n) is 5.13. The van der Waals surface area contributed by atoms with Gasteiger partial charge in [-0.3, -0.25) is 0 Å². The third kappa shape index (κ3) is 2.22. The van der Waals surface area contributed by atoms with Gasteiger partial charge in [0, 0.05) is 0 Å². The van der Waals surface area contributed by atoms with Crippen molar-refractivity contribution < 1.29 is 9.13 Å². The lowest BCUT2D eigenvalue weighted by atomic mass is 10.0. The van der Waals surface area contributed by atoms with E-state index in [-0.39, 0.29) is 0 Å². The van der Waals surface area contributed by atoms with Gasteiger partial charge in [0.1, 0.15) is 12.4 Å². The largest absolute Gasteiger partial charge is 0.497 e. The molecule has 2 heteroatoms. The first kappa shape index (κ1) is 10.7. The van der Waals surface area contributed by atoms with Gasteiger partial charge in [0.05, 0.1) is 7.11 Å². The molecule has 16 heavy (non-hydrogen) atoms. The maximum Gasteiger partial charge on any atom is 0.118 e. The molecule has 0 atom stereocenters. The molecule has 0 aliphatic heterocycles. The molecule has 0 N–H and O–H groups in total. The van der Waals surface area contributed by atoms with Gasteiger partial charge < -0.3 is 4.74 Å². The van der Waals surface area contributed by atoms with Crippen LogP contribution in [0.3, 0.4) is 0 Å². The fraction of sp³-hybridized carbons (Fsp3) is 0.143. The second kappa shape index (κ2) is 4.79. The molecule has 0 radical (unpaired) electrons. The molecular weight excluding hydrogens is 203 g/mol. The number of ether oxygens (including phenoxy) is 1. The molecule has 0 fully saturated rings. The summed E-state index contributed by atoms with van der Waals surface area (Å²) in [6.07, 6.45) is 0. The molecule has 0 spiro atoms. The van der Waals surface area contributed by atoms with Gasteiger partial charge in [0.2, 0.25) is 0 Å². The van der Waals surface area contributed by atoms with Crippen LogP contribution < -0.4 is 4.74 Å². The van der Waals surface area contributed by atoms with Crippen LogP contribution in [0.4, 0.5) is 4.39 Å². The van der Waals surface area contributed by atoms with Gasteiger partial charge in [-0.05, 0) is 34.9 Å². The van der Waals surface area contributed by atoms with Crippen molar-refractivity contribution in [3.8, 4) is 16.9 Å². The van der Waals surface area contributed by atoms with Crippen molar-refractivity contribution in [2.45, 2.75) is 6.67 Å². The van der Waals surface area contributed by atoms with E-state index in [9.17, 15) is 4.39 Å². The van der Waals surface area contributed by atoms with Gasteiger partial charge in [0.15, 0.2) is 0 Å². The highest BCUT2D eigenvalue weighted by Crippen LogP contribution is 2.23. The molecule has 82 valence electrons. The summed E-state index contributed by atoms with van der Waals surface area (Å²) in [6, 6.07) is 15.2. The van der Waals surface area contributed by atoms with Crippen LogP contribution in [0.1, 0.15) is 5.56 Å². The van der Waals surface area contributed by atoms with E-state index in [0.29, 0.717) is 5.56 Å². The molecule has 2 aromatic carbocycles. The Morgan fingerprint density at radius 1 is 1.00 bits per heavy atom. The van der Waals surface area contributed by atoms with Crippen molar-refractivity contribution in [2.24, 2.45) is 0 Å². The molecule has 0 bridgehead atoms. The number of halogens is 1. The SMILES string of the molecule is COc1ccc(-c2cccc(CF)c2)cc1. The molecule has 0 saturated carbocycles. The van der Waals surface area contributed by atoms with Crippen LogP contribution in [-0.2, 0) is 6.67 Å². The number of methoxy groups -OCH3 is 1. The molecule has 0 unspecified atom stereocenters. The summed E-state index contributed by atoms with van der Waals surface area (Å²) < 4.78 is 17.6. The lowest BCUT2D eigenvalue weighted by Crippen LogP contribution is -1.84. The quantitative estimate of drug-likeness (QED) is 0.757. The van der Waals surface area contributed by atoms with Crippen molar-refractivity contribution in [1.82, 2.24) is 0 Å². The zero-order valence-electron chi connectivity index (χ0n) is 9.11.